The Kier molecular flexibility index (Phi) is 4.00. The third-order valence-corrected chi connectivity index (χ3v) is 2.25. The number of anilines is 1. The number of nitro benzene ring substituents is 1. The molecule has 0 saturated carbocycles. The molecule has 0 aliphatic carbocycles. The molecular formula is C9H10N2O2S. The van der Waals surface area contributed by atoms with Crippen LogP contribution in [0.4, 0.5) is 11.4 Å². The van der Waals surface area contributed by atoms with E-state index in [0.717, 1.165) is 0 Å². The predicted octanol–water partition coefficient (Wildman–Crippen LogP) is 2.84. The van der Waals surface area contributed by atoms with Crippen molar-refractivity contribution < 1.29 is 4.92 Å². The monoisotopic (exact) mass is 210 g/mol. The second-order valence-electron chi connectivity index (χ2n) is 2.48. The molecule has 0 aromatic heterocycles. The maximum absolute atomic E-state index is 10.6. The molecule has 0 bridgehead atoms. The van der Waals surface area contributed by atoms with Crippen molar-refractivity contribution in [2.75, 3.05) is 10.5 Å². The summed E-state index contributed by atoms with van der Waals surface area (Å²) in [6, 6.07) is 6.54. The Hall–Kier alpha value is -1.49. The van der Waals surface area contributed by atoms with Crippen LogP contribution in [0.2, 0.25) is 0 Å². The molecular weight excluding hydrogens is 200 g/mol. The first-order chi connectivity index (χ1) is 6.75. The molecule has 5 heteroatoms. The van der Waals surface area contributed by atoms with E-state index in [-0.39, 0.29) is 5.69 Å². The number of nitro groups is 1. The lowest BCUT2D eigenvalue weighted by Crippen LogP contribution is -1.94. The Morgan fingerprint density at radius 1 is 1.57 bits per heavy atom. The predicted molar refractivity (Wildman–Crippen MR) is 59.4 cm³/mol. The summed E-state index contributed by atoms with van der Waals surface area (Å²) in [4.78, 5) is 10.2. The second kappa shape index (κ2) is 5.29. The molecule has 4 nitrogen and oxygen atoms in total. The quantitative estimate of drug-likeness (QED) is 0.267. The second-order valence-corrected chi connectivity index (χ2v) is 3.30. The average molecular weight is 210 g/mol. The maximum Gasteiger partial charge on any atom is 0.293 e. The molecule has 14 heavy (non-hydrogen) atoms. The van der Waals surface area contributed by atoms with E-state index in [2.05, 4.69) is 11.3 Å². The Morgan fingerprint density at radius 2 is 2.29 bits per heavy atom. The van der Waals surface area contributed by atoms with Gasteiger partial charge in [0.1, 0.15) is 5.69 Å². The third-order valence-electron chi connectivity index (χ3n) is 1.48. The lowest BCUT2D eigenvalue weighted by Gasteiger charge is -2.03. The van der Waals surface area contributed by atoms with Gasteiger partial charge in [0.2, 0.25) is 0 Å². The number of hydrogen-bond donors (Lipinski definition) is 1. The highest BCUT2D eigenvalue weighted by atomic mass is 32.2. The van der Waals surface area contributed by atoms with Crippen molar-refractivity contribution in [1.29, 1.82) is 0 Å². The van der Waals surface area contributed by atoms with Gasteiger partial charge >= 0.3 is 0 Å². The van der Waals surface area contributed by atoms with Crippen LogP contribution in [0.25, 0.3) is 0 Å². The van der Waals surface area contributed by atoms with Gasteiger partial charge in [-0.25, -0.2) is 0 Å². The van der Waals surface area contributed by atoms with Crippen LogP contribution < -0.4 is 4.72 Å². The summed E-state index contributed by atoms with van der Waals surface area (Å²) < 4.78 is 2.90. The minimum Gasteiger partial charge on any atom is -0.324 e. The van der Waals surface area contributed by atoms with Crippen molar-refractivity contribution in [3.63, 3.8) is 0 Å². The van der Waals surface area contributed by atoms with Gasteiger partial charge in [0.15, 0.2) is 0 Å². The summed E-state index contributed by atoms with van der Waals surface area (Å²) >= 11 is 1.37. The molecule has 0 aliphatic rings. The average Bonchev–Trinajstić information content (AvgIpc) is 2.19. The van der Waals surface area contributed by atoms with E-state index in [1.807, 2.05) is 0 Å². The van der Waals surface area contributed by atoms with Gasteiger partial charge < -0.3 is 4.72 Å². The van der Waals surface area contributed by atoms with Crippen molar-refractivity contribution in [2.45, 2.75) is 0 Å². The minimum atomic E-state index is -0.406. The van der Waals surface area contributed by atoms with E-state index < -0.39 is 4.92 Å². The highest BCUT2D eigenvalue weighted by Crippen LogP contribution is 2.25. The molecule has 0 aliphatic heterocycles. The highest BCUT2D eigenvalue weighted by molar-refractivity contribution is 8.00. The van der Waals surface area contributed by atoms with Gasteiger partial charge in [-0.2, -0.15) is 0 Å². The zero-order valence-electron chi connectivity index (χ0n) is 7.47. The first-order valence-electron chi connectivity index (χ1n) is 3.98. The van der Waals surface area contributed by atoms with Crippen molar-refractivity contribution in [3.8, 4) is 0 Å². The molecule has 74 valence electrons. The van der Waals surface area contributed by atoms with Crippen molar-refractivity contribution in [3.05, 3.63) is 47.0 Å². The standard InChI is InChI=1S/C9H10N2O2S/c1-2-7-14-10-8-5-3-4-6-9(8)11(12)13/h2-6,10H,1,7H2. The number of nitrogens with zero attached hydrogens (tertiary/aromatic N) is 1. The van der Waals surface area contributed by atoms with Crippen molar-refractivity contribution in [1.82, 2.24) is 0 Å². The fourth-order valence-corrected chi connectivity index (χ4v) is 1.43. The Labute approximate surface area is 86.3 Å². The van der Waals surface area contributed by atoms with Gasteiger partial charge in [-0.15, -0.1) is 6.58 Å². The van der Waals surface area contributed by atoms with Gasteiger partial charge in [0.25, 0.3) is 5.69 Å². The summed E-state index contributed by atoms with van der Waals surface area (Å²) in [6.45, 7) is 3.55. The maximum atomic E-state index is 10.6. The van der Waals surface area contributed by atoms with Gasteiger partial charge in [-0.1, -0.05) is 18.2 Å². The Morgan fingerprint density at radius 3 is 2.93 bits per heavy atom. The molecule has 0 atom stereocenters. The summed E-state index contributed by atoms with van der Waals surface area (Å²) in [5, 5.41) is 10.6. The first kappa shape index (κ1) is 10.6. The van der Waals surface area contributed by atoms with Crippen LogP contribution in [0.3, 0.4) is 0 Å². The summed E-state index contributed by atoms with van der Waals surface area (Å²) in [5.41, 5.74) is 0.605. The molecule has 0 heterocycles. The fourth-order valence-electron chi connectivity index (χ4n) is 0.897. The van der Waals surface area contributed by atoms with Crippen LogP contribution in [-0.4, -0.2) is 10.7 Å². The van der Waals surface area contributed by atoms with E-state index in [0.29, 0.717) is 11.4 Å². The number of nitrogens with one attached hydrogen (secondary N) is 1. The molecule has 1 N–H and O–H groups in total. The highest BCUT2D eigenvalue weighted by Gasteiger charge is 2.10. The van der Waals surface area contributed by atoms with Gasteiger partial charge in [-0.3, -0.25) is 10.1 Å². The molecule has 0 spiro atoms. The van der Waals surface area contributed by atoms with Gasteiger partial charge in [0, 0.05) is 11.8 Å². The number of para-hydroxylation sites is 2. The summed E-state index contributed by atoms with van der Waals surface area (Å²) in [5.74, 6) is 0.700. The summed E-state index contributed by atoms with van der Waals surface area (Å²) in [7, 11) is 0. The SMILES string of the molecule is C=CCSNc1ccccc1[N+](=O)[O-]. The van der Waals surface area contributed by atoms with E-state index >= 15 is 0 Å². The molecule has 0 fully saturated rings. The van der Waals surface area contributed by atoms with E-state index in [4.69, 9.17) is 0 Å². The topological polar surface area (TPSA) is 55.2 Å². The lowest BCUT2D eigenvalue weighted by atomic mass is 10.3. The zero-order chi connectivity index (χ0) is 10.4. The summed E-state index contributed by atoms with van der Waals surface area (Å²) in [6.07, 6.45) is 1.73. The Balaban J connectivity index is 2.74. The number of rotatable bonds is 5. The van der Waals surface area contributed by atoms with E-state index in [1.54, 1.807) is 24.3 Å². The van der Waals surface area contributed by atoms with Gasteiger partial charge in [-0.05, 0) is 18.0 Å². The van der Waals surface area contributed by atoms with Crippen molar-refractivity contribution in [2.24, 2.45) is 0 Å². The van der Waals surface area contributed by atoms with Crippen LogP contribution >= 0.6 is 11.9 Å². The third kappa shape index (κ3) is 2.77. The normalized spacial score (nSPS) is 9.43. The van der Waals surface area contributed by atoms with Gasteiger partial charge in [0.05, 0.1) is 4.92 Å². The zero-order valence-corrected chi connectivity index (χ0v) is 8.29. The lowest BCUT2D eigenvalue weighted by molar-refractivity contribution is -0.383. The van der Waals surface area contributed by atoms with Crippen LogP contribution in [0.1, 0.15) is 0 Å². The molecule has 1 aromatic carbocycles. The Bertz CT molecular complexity index is 341. The van der Waals surface area contributed by atoms with Crippen molar-refractivity contribution >= 4 is 23.3 Å². The molecule has 0 amide bonds. The minimum absolute atomic E-state index is 0.0871. The number of benzene rings is 1. The smallest absolute Gasteiger partial charge is 0.293 e. The molecule has 1 rings (SSSR count). The largest absolute Gasteiger partial charge is 0.324 e. The van der Waals surface area contributed by atoms with Crippen LogP contribution in [0.15, 0.2) is 36.9 Å². The van der Waals surface area contributed by atoms with E-state index in [9.17, 15) is 10.1 Å². The van der Waals surface area contributed by atoms with Crippen LogP contribution in [-0.2, 0) is 0 Å². The molecule has 0 radical (unpaired) electrons. The van der Waals surface area contributed by atoms with E-state index in [1.165, 1.54) is 18.0 Å². The number of hydrogen-bond acceptors (Lipinski definition) is 4. The van der Waals surface area contributed by atoms with Crippen LogP contribution in [0, 0.1) is 10.1 Å². The fraction of sp³-hybridized carbons (Fsp3) is 0.111. The molecule has 1 aromatic rings. The molecule has 0 unspecified atom stereocenters. The molecule has 0 saturated heterocycles. The first-order valence-corrected chi connectivity index (χ1v) is 4.96. The van der Waals surface area contributed by atoms with Crippen LogP contribution in [0.5, 0.6) is 0 Å².